The van der Waals surface area contributed by atoms with Crippen molar-refractivity contribution in [3.8, 4) is 0 Å². The van der Waals surface area contributed by atoms with Crippen LogP contribution in [0.4, 0.5) is 0 Å². The first-order valence-corrected chi connectivity index (χ1v) is 8.94. The van der Waals surface area contributed by atoms with Gasteiger partial charge >= 0.3 is 0 Å². The van der Waals surface area contributed by atoms with Crippen LogP contribution in [-0.2, 0) is 11.2 Å². The van der Waals surface area contributed by atoms with Gasteiger partial charge in [0, 0.05) is 35.2 Å². The highest BCUT2D eigenvalue weighted by molar-refractivity contribution is 6.35. The summed E-state index contributed by atoms with van der Waals surface area (Å²) in [5.41, 5.74) is 0.791. The minimum Gasteiger partial charge on any atom is -0.392 e. The van der Waals surface area contributed by atoms with Crippen LogP contribution in [0.15, 0.2) is 18.2 Å². The molecule has 1 aromatic rings. The van der Waals surface area contributed by atoms with Crippen LogP contribution in [0.1, 0.15) is 31.2 Å². The zero-order chi connectivity index (χ0) is 16.4. The zero-order valence-corrected chi connectivity index (χ0v) is 14.5. The number of rotatable bonds is 4. The summed E-state index contributed by atoms with van der Waals surface area (Å²) >= 11 is 12.0. The van der Waals surface area contributed by atoms with E-state index in [1.807, 2.05) is 0 Å². The molecule has 1 saturated carbocycles. The first-order chi connectivity index (χ1) is 11.0. The maximum Gasteiger partial charge on any atom is 0.224 e. The molecule has 1 aliphatic carbocycles. The number of hydrogen-bond acceptors (Lipinski definition) is 3. The molecule has 2 fully saturated rings. The van der Waals surface area contributed by atoms with Crippen molar-refractivity contribution in [2.24, 2.45) is 0 Å². The van der Waals surface area contributed by atoms with Crippen molar-refractivity contribution in [2.45, 2.75) is 50.3 Å². The van der Waals surface area contributed by atoms with E-state index >= 15 is 0 Å². The number of halogens is 2. The van der Waals surface area contributed by atoms with Crippen molar-refractivity contribution in [1.82, 2.24) is 10.2 Å². The molecule has 0 aromatic heterocycles. The molecule has 2 aliphatic rings. The van der Waals surface area contributed by atoms with Crippen LogP contribution in [0.2, 0.25) is 10.0 Å². The van der Waals surface area contributed by atoms with Crippen molar-refractivity contribution in [3.05, 3.63) is 33.8 Å². The Morgan fingerprint density at radius 1 is 1.30 bits per heavy atom. The second-order valence-electron chi connectivity index (χ2n) is 6.52. The summed E-state index contributed by atoms with van der Waals surface area (Å²) in [7, 11) is 0. The Morgan fingerprint density at radius 2 is 2.13 bits per heavy atom. The monoisotopic (exact) mass is 356 g/mol. The minimum absolute atomic E-state index is 0.00846. The van der Waals surface area contributed by atoms with Gasteiger partial charge < -0.3 is 10.4 Å². The first-order valence-electron chi connectivity index (χ1n) is 8.18. The van der Waals surface area contributed by atoms with Crippen molar-refractivity contribution in [1.29, 1.82) is 0 Å². The predicted molar refractivity (Wildman–Crippen MR) is 91.9 cm³/mol. The lowest BCUT2D eigenvalue weighted by atomic mass is 10.1. The number of carbonyl (C=O) groups is 1. The second-order valence-corrected chi connectivity index (χ2v) is 7.37. The number of β-amino-alcohol motifs (C(OH)–C–C–N with tert-alkyl or cyclic N) is 1. The van der Waals surface area contributed by atoms with Crippen LogP contribution >= 0.6 is 23.2 Å². The topological polar surface area (TPSA) is 52.6 Å². The first kappa shape index (κ1) is 17.0. The van der Waals surface area contributed by atoms with Gasteiger partial charge in [-0.1, -0.05) is 29.3 Å². The molecule has 6 heteroatoms. The highest BCUT2D eigenvalue weighted by Gasteiger charge is 2.36. The molecule has 0 radical (unpaired) electrons. The fraction of sp³-hybridized carbons (Fsp3) is 0.588. The van der Waals surface area contributed by atoms with E-state index in [1.165, 1.54) is 0 Å². The molecule has 1 unspecified atom stereocenters. The number of nitrogens with one attached hydrogen (secondary N) is 1. The van der Waals surface area contributed by atoms with Crippen LogP contribution in [0, 0.1) is 0 Å². The minimum atomic E-state index is -0.222. The molecule has 0 spiro atoms. The molecule has 1 heterocycles. The fourth-order valence-electron chi connectivity index (χ4n) is 3.71. The van der Waals surface area contributed by atoms with E-state index in [4.69, 9.17) is 23.2 Å². The molecule has 0 bridgehead atoms. The summed E-state index contributed by atoms with van der Waals surface area (Å²) in [6.45, 7) is 1.64. The molecule has 2 N–H and O–H groups in total. The Kier molecular flexibility index (Phi) is 5.47. The van der Waals surface area contributed by atoms with Crippen LogP contribution in [0.3, 0.4) is 0 Å². The van der Waals surface area contributed by atoms with Crippen molar-refractivity contribution in [3.63, 3.8) is 0 Å². The molecular weight excluding hydrogens is 335 g/mol. The van der Waals surface area contributed by atoms with E-state index in [9.17, 15) is 9.90 Å². The Bertz CT molecular complexity index is 582. The Balaban J connectivity index is 1.58. The predicted octanol–water partition coefficient (Wildman–Crippen LogP) is 2.64. The highest BCUT2D eigenvalue weighted by Crippen LogP contribution is 2.28. The third kappa shape index (κ3) is 4.18. The van der Waals surface area contributed by atoms with Gasteiger partial charge in [-0.25, -0.2) is 0 Å². The Labute approximate surface area is 146 Å². The lowest BCUT2D eigenvalue weighted by molar-refractivity contribution is -0.121. The van der Waals surface area contributed by atoms with Crippen molar-refractivity contribution < 1.29 is 9.90 Å². The normalized spacial score (nSPS) is 28.2. The standard InChI is InChI=1S/C17H22Cl2N2O2/c18-12-5-4-11(14(19)9-12)8-17(23)20-15-2-1-3-16(15)21-7-6-13(22)10-21/h4-5,9,13,15-16,22H,1-3,6-8,10H2,(H,20,23)/t13?,15-,16+/m1/s1. The maximum atomic E-state index is 12.4. The number of benzene rings is 1. The van der Waals surface area contributed by atoms with E-state index in [2.05, 4.69) is 10.2 Å². The fourth-order valence-corrected chi connectivity index (χ4v) is 4.19. The quantitative estimate of drug-likeness (QED) is 0.871. The molecule has 126 valence electrons. The summed E-state index contributed by atoms with van der Waals surface area (Å²) in [5.74, 6) is -0.00846. The molecule has 3 atom stereocenters. The van der Waals surface area contributed by atoms with Gasteiger partial charge in [-0.3, -0.25) is 9.69 Å². The van der Waals surface area contributed by atoms with Gasteiger partial charge in [-0.2, -0.15) is 0 Å². The van der Waals surface area contributed by atoms with E-state index < -0.39 is 0 Å². The molecule has 1 amide bonds. The van der Waals surface area contributed by atoms with Crippen molar-refractivity contribution >= 4 is 29.1 Å². The average molecular weight is 357 g/mol. The molecule has 23 heavy (non-hydrogen) atoms. The second kappa shape index (κ2) is 7.39. The smallest absolute Gasteiger partial charge is 0.224 e. The number of hydrogen-bond donors (Lipinski definition) is 2. The van der Waals surface area contributed by atoms with Crippen molar-refractivity contribution in [2.75, 3.05) is 13.1 Å². The third-order valence-electron chi connectivity index (χ3n) is 4.86. The number of carbonyl (C=O) groups excluding carboxylic acids is 1. The van der Waals surface area contributed by atoms with Crippen LogP contribution in [0.5, 0.6) is 0 Å². The zero-order valence-electron chi connectivity index (χ0n) is 13.0. The van der Waals surface area contributed by atoms with Gasteiger partial charge in [0.2, 0.25) is 5.91 Å². The largest absolute Gasteiger partial charge is 0.392 e. The van der Waals surface area contributed by atoms with Gasteiger partial charge in [0.05, 0.1) is 12.5 Å². The number of aliphatic hydroxyl groups excluding tert-OH is 1. The van der Waals surface area contributed by atoms with Gasteiger partial charge in [-0.05, 0) is 43.4 Å². The van der Waals surface area contributed by atoms with E-state index in [1.54, 1.807) is 18.2 Å². The van der Waals surface area contributed by atoms with Crippen LogP contribution in [0.25, 0.3) is 0 Å². The van der Waals surface area contributed by atoms with E-state index in [0.717, 1.165) is 44.3 Å². The lowest BCUT2D eigenvalue weighted by Gasteiger charge is -2.29. The summed E-state index contributed by atoms with van der Waals surface area (Å²) in [6.07, 6.45) is 4.07. The maximum absolute atomic E-state index is 12.4. The summed E-state index contributed by atoms with van der Waals surface area (Å²) in [4.78, 5) is 14.7. The van der Waals surface area contributed by atoms with E-state index in [0.29, 0.717) is 16.1 Å². The Hall–Kier alpha value is -0.810. The number of amides is 1. The van der Waals surface area contributed by atoms with Gasteiger partial charge in [0.1, 0.15) is 0 Å². The molecule has 1 aromatic carbocycles. The summed E-state index contributed by atoms with van der Waals surface area (Å²) in [5, 5.41) is 14.0. The van der Waals surface area contributed by atoms with Gasteiger partial charge in [0.15, 0.2) is 0 Å². The average Bonchev–Trinajstić information content (AvgIpc) is 3.10. The number of nitrogens with zero attached hydrogens (tertiary/aromatic N) is 1. The lowest BCUT2D eigenvalue weighted by Crippen LogP contribution is -2.48. The third-order valence-corrected chi connectivity index (χ3v) is 5.44. The molecule has 4 nitrogen and oxygen atoms in total. The highest BCUT2D eigenvalue weighted by atomic mass is 35.5. The van der Waals surface area contributed by atoms with Crippen LogP contribution < -0.4 is 5.32 Å². The Morgan fingerprint density at radius 3 is 2.83 bits per heavy atom. The summed E-state index contributed by atoms with van der Waals surface area (Å²) < 4.78 is 0. The molecule has 1 aliphatic heterocycles. The van der Waals surface area contributed by atoms with E-state index in [-0.39, 0.29) is 24.5 Å². The van der Waals surface area contributed by atoms with Crippen LogP contribution in [-0.4, -0.2) is 47.2 Å². The molecular formula is C17H22Cl2N2O2. The summed E-state index contributed by atoms with van der Waals surface area (Å²) in [6, 6.07) is 5.72. The molecule has 3 rings (SSSR count). The van der Waals surface area contributed by atoms with Gasteiger partial charge in [0.25, 0.3) is 0 Å². The SMILES string of the molecule is O=C(Cc1ccc(Cl)cc1Cl)N[C@@H]1CCC[C@@H]1N1CCC(O)C1. The van der Waals surface area contributed by atoms with Gasteiger partial charge in [-0.15, -0.1) is 0 Å². The molecule has 1 saturated heterocycles. The number of likely N-dealkylation sites (tertiary alicyclic amines) is 1. The number of aliphatic hydroxyl groups is 1.